The van der Waals surface area contributed by atoms with E-state index < -0.39 is 6.10 Å². The predicted molar refractivity (Wildman–Crippen MR) is 104 cm³/mol. The van der Waals surface area contributed by atoms with Crippen molar-refractivity contribution in [1.82, 2.24) is 0 Å². The van der Waals surface area contributed by atoms with E-state index in [1.54, 1.807) is 7.11 Å². The fraction of sp³-hybridized carbons (Fsp3) is 0.235. The lowest BCUT2D eigenvalue weighted by Gasteiger charge is -2.12. The standard InChI is InChI=1S/C17H20FN3O2.HI/c1-23-11-13-4-2-3-5-15(13)21-17(19)20-10-16(22)12-6-8-14(18)9-7-12;/h2-9,16,22H,10-11H2,1H3,(H3,19,20,21);1H. The van der Waals surface area contributed by atoms with Gasteiger partial charge in [-0.1, -0.05) is 30.3 Å². The number of halogens is 2. The fourth-order valence-electron chi connectivity index (χ4n) is 2.08. The molecule has 0 aliphatic carbocycles. The second kappa shape index (κ2) is 10.2. The number of hydrogen-bond donors (Lipinski definition) is 3. The normalized spacial score (nSPS) is 12.4. The van der Waals surface area contributed by atoms with E-state index in [1.165, 1.54) is 24.3 Å². The summed E-state index contributed by atoms with van der Waals surface area (Å²) in [7, 11) is 1.62. The largest absolute Gasteiger partial charge is 0.386 e. The van der Waals surface area contributed by atoms with Crippen molar-refractivity contribution >= 4 is 35.6 Å². The molecule has 0 radical (unpaired) electrons. The summed E-state index contributed by atoms with van der Waals surface area (Å²) in [5.41, 5.74) is 8.18. The first kappa shape index (κ1) is 20.3. The highest BCUT2D eigenvalue weighted by Crippen LogP contribution is 2.16. The summed E-state index contributed by atoms with van der Waals surface area (Å²) in [5, 5.41) is 13.0. The number of guanidine groups is 1. The van der Waals surface area contributed by atoms with Crippen molar-refractivity contribution < 1.29 is 14.2 Å². The molecular weight excluding hydrogens is 424 g/mol. The van der Waals surface area contributed by atoms with E-state index in [2.05, 4.69) is 10.3 Å². The van der Waals surface area contributed by atoms with Crippen molar-refractivity contribution in [2.75, 3.05) is 19.0 Å². The minimum absolute atomic E-state index is 0. The Kier molecular flexibility index (Phi) is 8.66. The second-order valence-corrected chi connectivity index (χ2v) is 5.01. The van der Waals surface area contributed by atoms with Crippen molar-refractivity contribution in [3.63, 3.8) is 0 Å². The number of aliphatic imine (C=N–C) groups is 1. The van der Waals surface area contributed by atoms with E-state index in [-0.39, 0.29) is 42.3 Å². The second-order valence-electron chi connectivity index (χ2n) is 5.01. The van der Waals surface area contributed by atoms with Crippen molar-refractivity contribution in [3.8, 4) is 0 Å². The highest BCUT2D eigenvalue weighted by Gasteiger charge is 2.08. The number of rotatable bonds is 6. The van der Waals surface area contributed by atoms with Gasteiger partial charge >= 0.3 is 0 Å². The van der Waals surface area contributed by atoms with Gasteiger partial charge in [-0.2, -0.15) is 0 Å². The number of anilines is 1. The molecule has 7 heteroatoms. The molecule has 2 aromatic carbocycles. The van der Waals surface area contributed by atoms with Gasteiger partial charge in [-0.05, 0) is 23.8 Å². The van der Waals surface area contributed by atoms with Gasteiger partial charge in [-0.15, -0.1) is 24.0 Å². The summed E-state index contributed by atoms with van der Waals surface area (Å²) in [6.45, 7) is 0.533. The third-order valence-corrected chi connectivity index (χ3v) is 3.27. The van der Waals surface area contributed by atoms with Crippen LogP contribution in [0.5, 0.6) is 0 Å². The van der Waals surface area contributed by atoms with E-state index in [4.69, 9.17) is 10.5 Å². The molecule has 2 rings (SSSR count). The number of nitrogens with zero attached hydrogens (tertiary/aromatic N) is 1. The Balaban J connectivity index is 0.00000288. The van der Waals surface area contributed by atoms with Gasteiger partial charge in [0.1, 0.15) is 5.82 Å². The van der Waals surface area contributed by atoms with Crippen LogP contribution in [0.3, 0.4) is 0 Å². The molecule has 24 heavy (non-hydrogen) atoms. The average molecular weight is 445 g/mol. The highest BCUT2D eigenvalue weighted by molar-refractivity contribution is 14.0. The molecule has 0 heterocycles. The molecule has 0 spiro atoms. The number of ether oxygens (including phenoxy) is 1. The maximum absolute atomic E-state index is 12.9. The zero-order valence-corrected chi connectivity index (χ0v) is 15.6. The number of hydrogen-bond acceptors (Lipinski definition) is 3. The average Bonchev–Trinajstić information content (AvgIpc) is 2.55. The molecular formula is C17H21FIN3O2. The summed E-state index contributed by atoms with van der Waals surface area (Å²) in [6, 6.07) is 13.2. The zero-order chi connectivity index (χ0) is 16.7. The van der Waals surface area contributed by atoms with Crippen LogP contribution in [0.25, 0.3) is 0 Å². The Morgan fingerprint density at radius 2 is 1.92 bits per heavy atom. The van der Waals surface area contributed by atoms with E-state index in [0.717, 1.165) is 11.3 Å². The van der Waals surface area contributed by atoms with E-state index in [0.29, 0.717) is 12.2 Å². The molecule has 0 saturated carbocycles. The van der Waals surface area contributed by atoms with Gasteiger partial charge in [0.2, 0.25) is 0 Å². The summed E-state index contributed by atoms with van der Waals surface area (Å²) in [6.07, 6.45) is -0.842. The molecule has 4 N–H and O–H groups in total. The van der Waals surface area contributed by atoms with E-state index in [9.17, 15) is 9.50 Å². The van der Waals surface area contributed by atoms with Gasteiger partial charge in [-0.25, -0.2) is 4.39 Å². The lowest BCUT2D eigenvalue weighted by molar-refractivity contribution is 0.185. The maximum atomic E-state index is 12.9. The molecule has 0 fully saturated rings. The number of aliphatic hydroxyl groups excluding tert-OH is 1. The fourth-order valence-corrected chi connectivity index (χ4v) is 2.08. The lowest BCUT2D eigenvalue weighted by Crippen LogP contribution is -2.24. The van der Waals surface area contributed by atoms with Gasteiger partial charge in [0.15, 0.2) is 5.96 Å². The van der Waals surface area contributed by atoms with Crippen molar-refractivity contribution in [1.29, 1.82) is 0 Å². The van der Waals surface area contributed by atoms with Crippen LogP contribution in [0.15, 0.2) is 53.5 Å². The molecule has 1 atom stereocenters. The Hall–Kier alpha value is -1.71. The minimum atomic E-state index is -0.842. The molecule has 0 saturated heterocycles. The molecule has 130 valence electrons. The highest BCUT2D eigenvalue weighted by atomic mass is 127. The van der Waals surface area contributed by atoms with Crippen molar-refractivity contribution in [2.24, 2.45) is 10.7 Å². The Morgan fingerprint density at radius 1 is 1.25 bits per heavy atom. The molecule has 0 aliphatic heterocycles. The first-order valence-corrected chi connectivity index (χ1v) is 7.17. The first-order chi connectivity index (χ1) is 11.1. The smallest absolute Gasteiger partial charge is 0.193 e. The number of nitrogens with one attached hydrogen (secondary N) is 1. The van der Waals surface area contributed by atoms with Gasteiger partial charge in [0.05, 0.1) is 19.3 Å². The molecule has 0 aromatic heterocycles. The summed E-state index contributed by atoms with van der Waals surface area (Å²) < 4.78 is 18.0. The Labute approximate surface area is 157 Å². The van der Waals surface area contributed by atoms with Crippen molar-refractivity contribution in [2.45, 2.75) is 12.7 Å². The van der Waals surface area contributed by atoms with Crippen LogP contribution in [-0.4, -0.2) is 24.7 Å². The van der Waals surface area contributed by atoms with Crippen LogP contribution < -0.4 is 11.1 Å². The first-order valence-electron chi connectivity index (χ1n) is 7.17. The Bertz CT molecular complexity index is 665. The minimum Gasteiger partial charge on any atom is -0.386 e. The van der Waals surface area contributed by atoms with Gasteiger partial charge < -0.3 is 20.9 Å². The van der Waals surface area contributed by atoms with E-state index in [1.807, 2.05) is 24.3 Å². The predicted octanol–water partition coefficient (Wildman–Crippen LogP) is 3.05. The summed E-state index contributed by atoms with van der Waals surface area (Å²) in [5.74, 6) is -0.157. The summed E-state index contributed by atoms with van der Waals surface area (Å²) in [4.78, 5) is 4.12. The van der Waals surface area contributed by atoms with Gasteiger partial charge in [0.25, 0.3) is 0 Å². The van der Waals surface area contributed by atoms with Gasteiger partial charge in [0, 0.05) is 18.4 Å². The monoisotopic (exact) mass is 445 g/mol. The number of benzene rings is 2. The van der Waals surface area contributed by atoms with Crippen LogP contribution in [0.2, 0.25) is 0 Å². The number of para-hydroxylation sites is 1. The molecule has 2 aromatic rings. The number of nitrogens with two attached hydrogens (primary N) is 1. The van der Waals surface area contributed by atoms with Crippen LogP contribution >= 0.6 is 24.0 Å². The SMILES string of the molecule is COCc1ccccc1NC(N)=NCC(O)c1ccc(F)cc1.I. The van der Waals surface area contributed by atoms with E-state index >= 15 is 0 Å². The van der Waals surface area contributed by atoms with Crippen LogP contribution in [0.4, 0.5) is 10.1 Å². The number of methoxy groups -OCH3 is 1. The van der Waals surface area contributed by atoms with Crippen LogP contribution in [0.1, 0.15) is 17.2 Å². The lowest BCUT2D eigenvalue weighted by atomic mass is 10.1. The third-order valence-electron chi connectivity index (χ3n) is 3.27. The van der Waals surface area contributed by atoms with Gasteiger partial charge in [-0.3, -0.25) is 4.99 Å². The molecule has 1 unspecified atom stereocenters. The summed E-state index contributed by atoms with van der Waals surface area (Å²) >= 11 is 0. The van der Waals surface area contributed by atoms with Crippen LogP contribution in [0, 0.1) is 5.82 Å². The molecule has 0 amide bonds. The molecule has 0 bridgehead atoms. The maximum Gasteiger partial charge on any atom is 0.193 e. The molecule has 0 aliphatic rings. The Morgan fingerprint density at radius 3 is 2.58 bits per heavy atom. The third kappa shape index (κ3) is 6.06. The van der Waals surface area contributed by atoms with Crippen LogP contribution in [-0.2, 0) is 11.3 Å². The zero-order valence-electron chi connectivity index (χ0n) is 13.3. The topological polar surface area (TPSA) is 79.9 Å². The number of aliphatic hydroxyl groups is 1. The quantitative estimate of drug-likeness (QED) is 0.363. The van der Waals surface area contributed by atoms with Crippen molar-refractivity contribution in [3.05, 3.63) is 65.5 Å². The molecule has 5 nitrogen and oxygen atoms in total.